The third-order valence-corrected chi connectivity index (χ3v) is 3.62. The molecule has 3 rings (SSSR count). The Kier molecular flexibility index (Phi) is 4.42. The average molecular weight is 310 g/mol. The Labute approximate surface area is 133 Å². The van der Waals surface area contributed by atoms with E-state index in [4.69, 9.17) is 0 Å². The molecule has 0 saturated carbocycles. The second-order valence-corrected chi connectivity index (χ2v) is 5.30. The maximum Gasteiger partial charge on any atom is 0.340 e. The molecular weight excluding hydrogens is 292 g/mol. The summed E-state index contributed by atoms with van der Waals surface area (Å²) in [7, 11) is 0. The Morgan fingerprint density at radius 3 is 2.43 bits per heavy atom. The summed E-state index contributed by atoms with van der Waals surface area (Å²) in [4.78, 5) is 16.0. The van der Waals surface area contributed by atoms with Crippen molar-refractivity contribution >= 4 is 5.69 Å². The molecule has 0 saturated heterocycles. The Balaban J connectivity index is 1.77. The minimum absolute atomic E-state index is 0.227. The molecule has 0 atom stereocenters. The minimum Gasteiger partial charge on any atom is -0.508 e. The van der Waals surface area contributed by atoms with Crippen LogP contribution in [0.1, 0.15) is 11.4 Å². The van der Waals surface area contributed by atoms with Crippen LogP contribution in [0, 0.1) is 0 Å². The highest BCUT2D eigenvalue weighted by Gasteiger charge is 2.10. The summed E-state index contributed by atoms with van der Waals surface area (Å²) < 4.78 is 0. The van der Waals surface area contributed by atoms with Crippen molar-refractivity contribution in [1.82, 2.24) is 15.2 Å². The van der Waals surface area contributed by atoms with Crippen molar-refractivity contribution in [2.45, 2.75) is 13.0 Å². The molecule has 6 nitrogen and oxygen atoms in total. The molecule has 3 N–H and O–H groups in total. The van der Waals surface area contributed by atoms with Crippen molar-refractivity contribution in [2.75, 3.05) is 11.4 Å². The maximum atomic E-state index is 11.2. The fourth-order valence-corrected chi connectivity index (χ4v) is 2.43. The molecule has 0 bridgehead atoms. The first kappa shape index (κ1) is 14.9. The van der Waals surface area contributed by atoms with Gasteiger partial charge in [0.2, 0.25) is 0 Å². The summed E-state index contributed by atoms with van der Waals surface area (Å²) in [6.45, 7) is 1.25. The van der Waals surface area contributed by atoms with Crippen LogP contribution in [-0.2, 0) is 13.0 Å². The van der Waals surface area contributed by atoms with E-state index in [1.807, 2.05) is 30.3 Å². The van der Waals surface area contributed by atoms with Crippen LogP contribution >= 0.6 is 0 Å². The normalized spacial score (nSPS) is 10.6. The lowest BCUT2D eigenvalue weighted by molar-refractivity contribution is 0.475. The molecule has 118 valence electrons. The Morgan fingerprint density at radius 1 is 1.04 bits per heavy atom. The van der Waals surface area contributed by atoms with Gasteiger partial charge in [-0.2, -0.15) is 5.10 Å². The lowest BCUT2D eigenvalue weighted by Crippen LogP contribution is -2.26. The molecule has 0 fully saturated rings. The zero-order valence-electron chi connectivity index (χ0n) is 12.6. The third-order valence-electron chi connectivity index (χ3n) is 3.62. The van der Waals surface area contributed by atoms with E-state index in [9.17, 15) is 9.90 Å². The molecule has 0 spiro atoms. The molecule has 6 heteroatoms. The molecule has 0 aliphatic heterocycles. The first-order valence-electron chi connectivity index (χ1n) is 7.42. The Bertz CT molecular complexity index is 793. The van der Waals surface area contributed by atoms with E-state index in [1.165, 1.54) is 5.56 Å². The van der Waals surface area contributed by atoms with Crippen molar-refractivity contribution in [3.8, 4) is 5.75 Å². The lowest BCUT2D eigenvalue weighted by Gasteiger charge is -2.24. The van der Waals surface area contributed by atoms with Gasteiger partial charge in [-0.1, -0.05) is 30.3 Å². The van der Waals surface area contributed by atoms with Gasteiger partial charge in [0.05, 0.1) is 6.54 Å². The second-order valence-electron chi connectivity index (χ2n) is 5.30. The molecule has 1 aromatic heterocycles. The van der Waals surface area contributed by atoms with Crippen LogP contribution in [0.2, 0.25) is 0 Å². The third kappa shape index (κ3) is 4.00. The zero-order valence-corrected chi connectivity index (χ0v) is 12.6. The van der Waals surface area contributed by atoms with Gasteiger partial charge >= 0.3 is 5.69 Å². The maximum absolute atomic E-state index is 11.2. The standard InChI is InChI=1S/C17H18N4O2/c22-15-8-6-14(7-9-15)21(12-16-18-17(23)20-19-16)11-10-13-4-2-1-3-5-13/h1-9,22H,10-12H2,(H2,18,19,20,23). The Morgan fingerprint density at radius 2 is 1.78 bits per heavy atom. The summed E-state index contributed by atoms with van der Waals surface area (Å²) >= 11 is 0. The van der Waals surface area contributed by atoms with E-state index < -0.39 is 0 Å². The topological polar surface area (TPSA) is 85.0 Å². The van der Waals surface area contributed by atoms with E-state index in [0.29, 0.717) is 12.4 Å². The summed E-state index contributed by atoms with van der Waals surface area (Å²) in [6.07, 6.45) is 0.871. The van der Waals surface area contributed by atoms with Crippen LogP contribution in [0.5, 0.6) is 5.75 Å². The number of rotatable bonds is 6. The fourth-order valence-electron chi connectivity index (χ4n) is 2.43. The predicted molar refractivity (Wildman–Crippen MR) is 88.5 cm³/mol. The summed E-state index contributed by atoms with van der Waals surface area (Å²) in [5.41, 5.74) is 1.89. The number of hydrogen-bond donors (Lipinski definition) is 3. The monoisotopic (exact) mass is 310 g/mol. The summed E-state index contributed by atoms with van der Waals surface area (Å²) in [5.74, 6) is 0.807. The van der Waals surface area contributed by atoms with Crippen molar-refractivity contribution in [1.29, 1.82) is 0 Å². The smallest absolute Gasteiger partial charge is 0.340 e. The van der Waals surface area contributed by atoms with Crippen LogP contribution in [0.3, 0.4) is 0 Å². The number of aromatic nitrogens is 3. The number of H-pyrrole nitrogens is 2. The van der Waals surface area contributed by atoms with Crippen LogP contribution < -0.4 is 10.6 Å². The van der Waals surface area contributed by atoms with Gasteiger partial charge in [0, 0.05) is 12.2 Å². The van der Waals surface area contributed by atoms with E-state index >= 15 is 0 Å². The highest BCUT2D eigenvalue weighted by molar-refractivity contribution is 5.49. The lowest BCUT2D eigenvalue weighted by atomic mass is 10.1. The van der Waals surface area contributed by atoms with Gasteiger partial charge in [-0.3, -0.25) is 4.98 Å². The van der Waals surface area contributed by atoms with E-state index in [2.05, 4.69) is 32.2 Å². The van der Waals surface area contributed by atoms with Crippen LogP contribution in [0.15, 0.2) is 59.4 Å². The molecule has 0 unspecified atom stereocenters. The second kappa shape index (κ2) is 6.83. The van der Waals surface area contributed by atoms with E-state index in [1.54, 1.807) is 12.1 Å². The number of nitrogens with one attached hydrogen (secondary N) is 2. The molecule has 0 aliphatic carbocycles. The number of aromatic hydroxyl groups is 1. The minimum atomic E-state index is -0.311. The average Bonchev–Trinajstić information content (AvgIpc) is 2.98. The molecule has 23 heavy (non-hydrogen) atoms. The first-order chi connectivity index (χ1) is 11.2. The molecule has 0 aliphatic rings. The zero-order chi connectivity index (χ0) is 16.1. The van der Waals surface area contributed by atoms with Gasteiger partial charge in [0.15, 0.2) is 0 Å². The van der Waals surface area contributed by atoms with Crippen molar-refractivity contribution in [3.05, 3.63) is 76.5 Å². The van der Waals surface area contributed by atoms with Gasteiger partial charge in [-0.05, 0) is 36.2 Å². The van der Waals surface area contributed by atoms with Crippen molar-refractivity contribution in [3.63, 3.8) is 0 Å². The van der Waals surface area contributed by atoms with Crippen molar-refractivity contribution < 1.29 is 5.11 Å². The highest BCUT2D eigenvalue weighted by Crippen LogP contribution is 2.20. The number of aromatic amines is 2. The number of anilines is 1. The van der Waals surface area contributed by atoms with Gasteiger partial charge < -0.3 is 10.0 Å². The first-order valence-corrected chi connectivity index (χ1v) is 7.42. The molecular formula is C17H18N4O2. The number of benzene rings is 2. The molecule has 0 radical (unpaired) electrons. The fraction of sp³-hybridized carbons (Fsp3) is 0.176. The van der Waals surface area contributed by atoms with Crippen LogP contribution in [0.25, 0.3) is 0 Å². The number of phenolic OH excluding ortho intramolecular Hbond substituents is 1. The SMILES string of the molecule is O=c1[nH]nc(CN(CCc2ccccc2)c2ccc(O)cc2)[nH]1. The van der Waals surface area contributed by atoms with Gasteiger partial charge in [0.1, 0.15) is 11.6 Å². The number of nitrogens with zero attached hydrogens (tertiary/aromatic N) is 2. The highest BCUT2D eigenvalue weighted by atomic mass is 16.3. The van der Waals surface area contributed by atoms with Gasteiger partial charge in [-0.25, -0.2) is 9.89 Å². The van der Waals surface area contributed by atoms with Gasteiger partial charge in [-0.15, -0.1) is 0 Å². The molecule has 2 aromatic carbocycles. The summed E-state index contributed by atoms with van der Waals surface area (Å²) in [5, 5.41) is 15.8. The summed E-state index contributed by atoms with van der Waals surface area (Å²) in [6, 6.07) is 17.2. The number of phenols is 1. The van der Waals surface area contributed by atoms with E-state index in [0.717, 1.165) is 18.7 Å². The Hall–Kier alpha value is -3.02. The van der Waals surface area contributed by atoms with Crippen molar-refractivity contribution in [2.24, 2.45) is 0 Å². The van der Waals surface area contributed by atoms with Crippen LogP contribution in [-0.4, -0.2) is 26.8 Å². The molecule has 3 aromatic rings. The predicted octanol–water partition coefficient (Wildman–Crippen LogP) is 2.05. The van der Waals surface area contributed by atoms with Gasteiger partial charge in [0.25, 0.3) is 0 Å². The largest absolute Gasteiger partial charge is 0.508 e. The van der Waals surface area contributed by atoms with E-state index in [-0.39, 0.29) is 11.4 Å². The molecule has 1 heterocycles. The quantitative estimate of drug-likeness (QED) is 0.650. The van der Waals surface area contributed by atoms with Crippen LogP contribution in [0.4, 0.5) is 5.69 Å². The molecule has 0 amide bonds. The number of hydrogen-bond acceptors (Lipinski definition) is 4.